The highest BCUT2D eigenvalue weighted by Gasteiger charge is 2.09. The summed E-state index contributed by atoms with van der Waals surface area (Å²) < 4.78 is 5.03. The number of amides is 1. The molecule has 3 nitrogen and oxygen atoms in total. The highest BCUT2D eigenvalue weighted by atomic mass is 16.5. The van der Waals surface area contributed by atoms with Crippen LogP contribution in [0.1, 0.15) is 24.2 Å². The topological polar surface area (TPSA) is 38.7 Å². The van der Waals surface area contributed by atoms with Gasteiger partial charge in [0.25, 0.3) is 5.91 Å². The lowest BCUT2D eigenvalue weighted by Crippen LogP contribution is -2.12. The first-order valence-electron chi connectivity index (χ1n) is 4.87. The maximum atomic E-state index is 11.7. The van der Waals surface area contributed by atoms with Gasteiger partial charge in [0.15, 0.2) is 5.90 Å². The molecule has 0 saturated heterocycles. The van der Waals surface area contributed by atoms with Gasteiger partial charge in [0.1, 0.15) is 0 Å². The Morgan fingerprint density at radius 1 is 1.27 bits per heavy atom. The van der Waals surface area contributed by atoms with Gasteiger partial charge in [-0.25, -0.2) is 0 Å². The van der Waals surface area contributed by atoms with Gasteiger partial charge in [0, 0.05) is 11.5 Å². The molecule has 0 spiro atoms. The predicted octanol–water partition coefficient (Wildman–Crippen LogP) is 2.53. The lowest BCUT2D eigenvalue weighted by atomic mass is 10.2. The van der Waals surface area contributed by atoms with Crippen LogP contribution in [0, 0.1) is 5.92 Å². The van der Waals surface area contributed by atoms with E-state index in [1.165, 1.54) is 7.11 Å². The summed E-state index contributed by atoms with van der Waals surface area (Å²) >= 11 is 0. The zero-order chi connectivity index (χ0) is 11.3. The molecule has 0 atom stereocenters. The lowest BCUT2D eigenvalue weighted by Gasteiger charge is -2.07. The number of benzene rings is 1. The molecule has 1 amide bonds. The van der Waals surface area contributed by atoms with Gasteiger partial charge in [-0.2, -0.15) is 4.99 Å². The Balaban J connectivity index is 2.87. The van der Waals surface area contributed by atoms with Crippen LogP contribution in [0.5, 0.6) is 0 Å². The molecule has 0 radical (unpaired) electrons. The van der Waals surface area contributed by atoms with Crippen LogP contribution in [0.4, 0.5) is 0 Å². The molecule has 80 valence electrons. The van der Waals surface area contributed by atoms with E-state index in [0.29, 0.717) is 11.5 Å². The molecule has 15 heavy (non-hydrogen) atoms. The predicted molar refractivity (Wildman–Crippen MR) is 60.1 cm³/mol. The highest BCUT2D eigenvalue weighted by molar-refractivity contribution is 6.02. The molecular weight excluding hydrogens is 190 g/mol. The summed E-state index contributed by atoms with van der Waals surface area (Å²) in [6, 6.07) is 8.95. The minimum absolute atomic E-state index is 0.114. The maximum Gasteiger partial charge on any atom is 0.279 e. The Bertz CT molecular complexity index is 355. The summed E-state index contributed by atoms with van der Waals surface area (Å²) in [5.41, 5.74) is 0.577. The standard InChI is InChI=1S/C12H15NO2/c1-9(2)12(15-3)13-11(14)10-7-5-4-6-8-10/h4-9H,1-3H3/b13-12-. The van der Waals surface area contributed by atoms with Crippen molar-refractivity contribution in [1.82, 2.24) is 0 Å². The van der Waals surface area contributed by atoms with Crippen LogP contribution in [-0.4, -0.2) is 18.9 Å². The van der Waals surface area contributed by atoms with Crippen LogP contribution in [0.15, 0.2) is 35.3 Å². The molecule has 1 aromatic rings. The number of hydrogen-bond acceptors (Lipinski definition) is 2. The van der Waals surface area contributed by atoms with Crippen molar-refractivity contribution in [2.24, 2.45) is 10.9 Å². The minimum atomic E-state index is -0.263. The van der Waals surface area contributed by atoms with Crippen molar-refractivity contribution in [1.29, 1.82) is 0 Å². The van der Waals surface area contributed by atoms with E-state index in [1.54, 1.807) is 12.1 Å². The Labute approximate surface area is 89.8 Å². The Kier molecular flexibility index (Phi) is 4.03. The van der Waals surface area contributed by atoms with Gasteiger partial charge in [-0.1, -0.05) is 32.0 Å². The largest absolute Gasteiger partial charge is 0.484 e. The first-order valence-corrected chi connectivity index (χ1v) is 4.87. The molecule has 3 heteroatoms. The van der Waals surface area contributed by atoms with Crippen LogP contribution in [0.25, 0.3) is 0 Å². The third-order valence-corrected chi connectivity index (χ3v) is 1.94. The molecule has 0 aliphatic rings. The van der Waals surface area contributed by atoms with Crippen molar-refractivity contribution in [3.05, 3.63) is 35.9 Å². The van der Waals surface area contributed by atoms with Crippen molar-refractivity contribution in [3.63, 3.8) is 0 Å². The molecule has 1 aromatic carbocycles. The maximum absolute atomic E-state index is 11.7. The second-order valence-electron chi connectivity index (χ2n) is 3.48. The SMILES string of the molecule is CO/C(=N\C(=O)c1ccccc1)C(C)C. The number of aliphatic imine (C=N–C) groups is 1. The fourth-order valence-corrected chi connectivity index (χ4v) is 1.16. The first kappa shape index (κ1) is 11.4. The smallest absolute Gasteiger partial charge is 0.279 e. The van der Waals surface area contributed by atoms with Gasteiger partial charge in [-0.15, -0.1) is 0 Å². The van der Waals surface area contributed by atoms with E-state index in [2.05, 4.69) is 4.99 Å². The minimum Gasteiger partial charge on any atom is -0.484 e. The number of nitrogens with zero attached hydrogens (tertiary/aromatic N) is 1. The molecule has 0 aliphatic carbocycles. The molecule has 0 bridgehead atoms. The third-order valence-electron chi connectivity index (χ3n) is 1.94. The number of rotatable bonds is 2. The summed E-state index contributed by atoms with van der Waals surface area (Å²) in [6.45, 7) is 3.86. The van der Waals surface area contributed by atoms with E-state index in [1.807, 2.05) is 32.0 Å². The van der Waals surface area contributed by atoms with Crippen molar-refractivity contribution in [3.8, 4) is 0 Å². The van der Waals surface area contributed by atoms with Gasteiger partial charge in [0.2, 0.25) is 0 Å². The zero-order valence-corrected chi connectivity index (χ0v) is 9.23. The van der Waals surface area contributed by atoms with Crippen LogP contribution in [0.2, 0.25) is 0 Å². The molecule has 0 aromatic heterocycles. The lowest BCUT2D eigenvalue weighted by molar-refractivity contribution is 0.0999. The first-order chi connectivity index (χ1) is 7.15. The van der Waals surface area contributed by atoms with Gasteiger partial charge in [-0.05, 0) is 12.1 Å². The van der Waals surface area contributed by atoms with Crippen molar-refractivity contribution < 1.29 is 9.53 Å². The van der Waals surface area contributed by atoms with Gasteiger partial charge >= 0.3 is 0 Å². The average molecular weight is 205 g/mol. The molecule has 0 N–H and O–H groups in total. The Hall–Kier alpha value is -1.64. The van der Waals surface area contributed by atoms with Crippen LogP contribution < -0.4 is 0 Å². The number of carbonyl (C=O) groups is 1. The summed E-state index contributed by atoms with van der Waals surface area (Å²) in [6.07, 6.45) is 0. The normalized spacial score (nSPS) is 11.6. The van der Waals surface area contributed by atoms with Crippen molar-refractivity contribution >= 4 is 11.8 Å². The quantitative estimate of drug-likeness (QED) is 0.549. The Morgan fingerprint density at radius 2 is 1.87 bits per heavy atom. The second kappa shape index (κ2) is 5.29. The van der Waals surface area contributed by atoms with E-state index < -0.39 is 0 Å². The summed E-state index contributed by atoms with van der Waals surface area (Å²) in [5.74, 6) is 0.313. The van der Waals surface area contributed by atoms with Gasteiger partial charge < -0.3 is 4.74 Å². The van der Waals surface area contributed by atoms with Crippen LogP contribution in [0.3, 0.4) is 0 Å². The molecule has 1 rings (SSSR count). The summed E-state index contributed by atoms with van der Waals surface area (Å²) in [7, 11) is 1.52. The number of carbonyl (C=O) groups excluding carboxylic acids is 1. The van der Waals surface area contributed by atoms with Gasteiger partial charge in [0.05, 0.1) is 7.11 Å². The zero-order valence-electron chi connectivity index (χ0n) is 9.23. The second-order valence-corrected chi connectivity index (χ2v) is 3.48. The van der Waals surface area contributed by atoms with Crippen molar-refractivity contribution in [2.45, 2.75) is 13.8 Å². The molecule has 0 aliphatic heterocycles. The van der Waals surface area contributed by atoms with E-state index in [-0.39, 0.29) is 11.8 Å². The van der Waals surface area contributed by atoms with Crippen LogP contribution >= 0.6 is 0 Å². The van der Waals surface area contributed by atoms with E-state index >= 15 is 0 Å². The van der Waals surface area contributed by atoms with Gasteiger partial charge in [-0.3, -0.25) is 4.79 Å². The average Bonchev–Trinajstić information content (AvgIpc) is 2.26. The summed E-state index contributed by atoms with van der Waals surface area (Å²) in [4.78, 5) is 15.6. The van der Waals surface area contributed by atoms with E-state index in [0.717, 1.165) is 0 Å². The summed E-state index contributed by atoms with van der Waals surface area (Å²) in [5, 5.41) is 0. The fourth-order valence-electron chi connectivity index (χ4n) is 1.16. The van der Waals surface area contributed by atoms with Crippen molar-refractivity contribution in [2.75, 3.05) is 7.11 Å². The molecule has 0 saturated carbocycles. The number of hydrogen-bond donors (Lipinski definition) is 0. The molecule has 0 fully saturated rings. The molecule has 0 heterocycles. The van der Waals surface area contributed by atoms with E-state index in [4.69, 9.17) is 4.74 Å². The fraction of sp³-hybridized carbons (Fsp3) is 0.333. The monoisotopic (exact) mass is 205 g/mol. The molecule has 0 unspecified atom stereocenters. The molecular formula is C12H15NO2. The highest BCUT2D eigenvalue weighted by Crippen LogP contribution is 2.04. The van der Waals surface area contributed by atoms with Crippen LogP contribution in [-0.2, 0) is 4.74 Å². The third kappa shape index (κ3) is 3.20. The number of methoxy groups -OCH3 is 1. The van der Waals surface area contributed by atoms with E-state index in [9.17, 15) is 4.79 Å². The number of ether oxygens (including phenoxy) is 1. The Morgan fingerprint density at radius 3 is 2.33 bits per heavy atom.